The summed E-state index contributed by atoms with van der Waals surface area (Å²) in [4.78, 5) is 16.7. The Balaban J connectivity index is 1.65. The van der Waals surface area contributed by atoms with Crippen molar-refractivity contribution in [1.82, 2.24) is 20.9 Å². The van der Waals surface area contributed by atoms with Gasteiger partial charge in [0.1, 0.15) is 0 Å². The number of alkyl halides is 5. The molecule has 1 aliphatic heterocycles. The Labute approximate surface area is 182 Å². The summed E-state index contributed by atoms with van der Waals surface area (Å²) < 4.78 is 66.7. The van der Waals surface area contributed by atoms with Gasteiger partial charge < -0.3 is 16.0 Å². The van der Waals surface area contributed by atoms with E-state index in [0.717, 1.165) is 6.07 Å². The molecule has 1 aromatic carbocycles. The third-order valence-electron chi connectivity index (χ3n) is 6.29. The zero-order valence-electron chi connectivity index (χ0n) is 17.5. The predicted octanol–water partition coefficient (Wildman–Crippen LogP) is 4.42. The lowest BCUT2D eigenvalue weighted by Gasteiger charge is -2.42. The lowest BCUT2D eigenvalue weighted by Crippen LogP contribution is -2.59. The van der Waals surface area contributed by atoms with E-state index >= 15 is 0 Å². The van der Waals surface area contributed by atoms with Crippen LogP contribution in [0, 0.1) is 11.8 Å². The second-order valence-corrected chi connectivity index (χ2v) is 9.05. The first kappa shape index (κ1) is 22.7. The molecule has 0 bridgehead atoms. The summed E-state index contributed by atoms with van der Waals surface area (Å²) in [5, 5.41) is 9.17. The molecule has 5 nitrogen and oxygen atoms in total. The standard InChI is InChI=1S/C22H25F5N4O/c1-13-7-20(12-28-10-13,31-19(32)30-11-14-8-21(23,24)9-14)16-4-5-17(22(25,26)27)18-15(16)3-2-6-29-18/h2-6,13-14,28H,7-12H2,1H3,(H2,30,31,32)/t13-,20-/m0/s1. The van der Waals surface area contributed by atoms with E-state index in [0.29, 0.717) is 30.5 Å². The summed E-state index contributed by atoms with van der Waals surface area (Å²) in [6.07, 6.45) is -3.26. The minimum absolute atomic E-state index is 0.121. The molecule has 1 aromatic heterocycles. The lowest BCUT2D eigenvalue weighted by atomic mass is 9.77. The van der Waals surface area contributed by atoms with E-state index in [4.69, 9.17) is 0 Å². The Morgan fingerprint density at radius 3 is 2.62 bits per heavy atom. The Hall–Kier alpha value is -2.49. The average Bonchev–Trinajstić information content (AvgIpc) is 2.69. The number of hydrogen-bond acceptors (Lipinski definition) is 3. The highest BCUT2D eigenvalue weighted by atomic mass is 19.4. The molecular weight excluding hydrogens is 431 g/mol. The first-order chi connectivity index (χ1) is 15.0. The van der Waals surface area contributed by atoms with Crippen LogP contribution in [-0.2, 0) is 11.7 Å². The summed E-state index contributed by atoms with van der Waals surface area (Å²) >= 11 is 0. The molecule has 2 aliphatic rings. The number of amides is 2. The molecule has 32 heavy (non-hydrogen) atoms. The number of fused-ring (bicyclic) bond motifs is 1. The molecule has 1 saturated carbocycles. The monoisotopic (exact) mass is 456 g/mol. The Bertz CT molecular complexity index is 1000. The number of aromatic nitrogens is 1. The Morgan fingerprint density at radius 1 is 1.22 bits per heavy atom. The maximum absolute atomic E-state index is 13.5. The van der Waals surface area contributed by atoms with E-state index in [-0.39, 0.29) is 36.7 Å². The first-order valence-electron chi connectivity index (χ1n) is 10.6. The largest absolute Gasteiger partial charge is 0.418 e. The number of urea groups is 1. The second-order valence-electron chi connectivity index (χ2n) is 9.05. The molecule has 0 radical (unpaired) electrons. The number of piperidine rings is 1. The van der Waals surface area contributed by atoms with Crippen LogP contribution in [0.3, 0.4) is 0 Å². The van der Waals surface area contributed by atoms with E-state index in [1.807, 2.05) is 6.92 Å². The van der Waals surface area contributed by atoms with Gasteiger partial charge in [0, 0.05) is 37.5 Å². The molecular formula is C22H25F5N4O. The topological polar surface area (TPSA) is 66.0 Å². The van der Waals surface area contributed by atoms with Crippen molar-refractivity contribution >= 4 is 16.9 Å². The predicted molar refractivity (Wildman–Crippen MR) is 109 cm³/mol. The third-order valence-corrected chi connectivity index (χ3v) is 6.29. The number of halogens is 5. The Kier molecular flexibility index (Phi) is 5.77. The van der Waals surface area contributed by atoms with Crippen LogP contribution < -0.4 is 16.0 Å². The van der Waals surface area contributed by atoms with Gasteiger partial charge in [-0.3, -0.25) is 4.98 Å². The van der Waals surface area contributed by atoms with Gasteiger partial charge >= 0.3 is 12.2 Å². The molecule has 1 saturated heterocycles. The molecule has 10 heteroatoms. The minimum atomic E-state index is -4.56. The highest BCUT2D eigenvalue weighted by molar-refractivity contribution is 5.87. The molecule has 4 rings (SSSR count). The van der Waals surface area contributed by atoms with Gasteiger partial charge in [0.2, 0.25) is 5.92 Å². The van der Waals surface area contributed by atoms with Crippen molar-refractivity contribution in [3.8, 4) is 0 Å². The van der Waals surface area contributed by atoms with Gasteiger partial charge in [0.05, 0.1) is 16.6 Å². The van der Waals surface area contributed by atoms with Crippen molar-refractivity contribution < 1.29 is 26.7 Å². The zero-order valence-corrected chi connectivity index (χ0v) is 17.5. The second kappa shape index (κ2) is 8.13. The van der Waals surface area contributed by atoms with Crippen LogP contribution in [0.5, 0.6) is 0 Å². The van der Waals surface area contributed by atoms with Crippen molar-refractivity contribution in [3.05, 3.63) is 41.6 Å². The van der Waals surface area contributed by atoms with Crippen LogP contribution in [-0.4, -0.2) is 36.6 Å². The number of nitrogens with one attached hydrogen (secondary N) is 3. The van der Waals surface area contributed by atoms with Gasteiger partial charge in [0.25, 0.3) is 0 Å². The quantitative estimate of drug-likeness (QED) is 0.597. The van der Waals surface area contributed by atoms with Gasteiger partial charge in [-0.15, -0.1) is 0 Å². The van der Waals surface area contributed by atoms with Crippen molar-refractivity contribution in [2.24, 2.45) is 11.8 Å². The van der Waals surface area contributed by atoms with Crippen LogP contribution in [0.2, 0.25) is 0 Å². The molecule has 1 aliphatic carbocycles. The van der Waals surface area contributed by atoms with Crippen LogP contribution in [0.1, 0.15) is 37.3 Å². The van der Waals surface area contributed by atoms with Crippen molar-refractivity contribution in [2.75, 3.05) is 19.6 Å². The summed E-state index contributed by atoms with van der Waals surface area (Å²) in [6.45, 7) is 3.14. The molecule has 2 atom stereocenters. The molecule has 2 fully saturated rings. The van der Waals surface area contributed by atoms with Crippen LogP contribution >= 0.6 is 0 Å². The van der Waals surface area contributed by atoms with Gasteiger partial charge in [-0.2, -0.15) is 13.2 Å². The van der Waals surface area contributed by atoms with Crippen molar-refractivity contribution in [3.63, 3.8) is 0 Å². The number of pyridine rings is 1. The summed E-state index contributed by atoms with van der Waals surface area (Å²) in [6, 6.07) is 5.01. The van der Waals surface area contributed by atoms with Crippen molar-refractivity contribution in [2.45, 2.75) is 43.8 Å². The number of nitrogens with zero attached hydrogens (tertiary/aromatic N) is 1. The molecule has 0 unspecified atom stereocenters. The van der Waals surface area contributed by atoms with Crippen molar-refractivity contribution in [1.29, 1.82) is 0 Å². The summed E-state index contributed by atoms with van der Waals surface area (Å²) in [5.41, 5.74) is -1.44. The fourth-order valence-corrected chi connectivity index (χ4v) is 4.89. The lowest BCUT2D eigenvalue weighted by molar-refractivity contribution is -0.136. The molecule has 2 heterocycles. The summed E-state index contributed by atoms with van der Waals surface area (Å²) in [7, 11) is 0. The smallest absolute Gasteiger partial charge is 0.338 e. The summed E-state index contributed by atoms with van der Waals surface area (Å²) in [5.74, 6) is -2.81. The molecule has 174 valence electrons. The van der Waals surface area contributed by atoms with Crippen LogP contribution in [0.4, 0.5) is 26.7 Å². The number of benzene rings is 1. The fraction of sp³-hybridized carbons (Fsp3) is 0.545. The van der Waals surface area contributed by atoms with E-state index in [1.54, 1.807) is 12.1 Å². The van der Waals surface area contributed by atoms with E-state index < -0.39 is 29.2 Å². The minimum Gasteiger partial charge on any atom is -0.338 e. The van der Waals surface area contributed by atoms with Gasteiger partial charge in [-0.1, -0.05) is 19.1 Å². The Morgan fingerprint density at radius 2 is 1.97 bits per heavy atom. The normalized spacial score (nSPS) is 25.9. The van der Waals surface area contributed by atoms with Gasteiger partial charge in [-0.25, -0.2) is 13.6 Å². The van der Waals surface area contributed by atoms with Gasteiger partial charge in [-0.05, 0) is 42.5 Å². The number of rotatable bonds is 4. The SMILES string of the molecule is C[C@@H]1CNC[C@](NC(=O)NCC2CC(F)(F)C2)(c2ccc(C(F)(F)F)c3ncccc23)C1. The van der Waals surface area contributed by atoms with E-state index in [1.165, 1.54) is 12.3 Å². The number of hydrogen-bond donors (Lipinski definition) is 3. The highest BCUT2D eigenvalue weighted by Gasteiger charge is 2.45. The molecule has 2 amide bonds. The number of carbonyl (C=O) groups is 1. The van der Waals surface area contributed by atoms with Crippen LogP contribution in [0.25, 0.3) is 10.9 Å². The fourth-order valence-electron chi connectivity index (χ4n) is 4.89. The molecule has 0 spiro atoms. The zero-order chi connectivity index (χ0) is 23.1. The maximum atomic E-state index is 13.5. The van der Waals surface area contributed by atoms with Gasteiger partial charge in [0.15, 0.2) is 0 Å². The average molecular weight is 456 g/mol. The third kappa shape index (κ3) is 4.51. The highest BCUT2D eigenvalue weighted by Crippen LogP contribution is 2.42. The molecule has 2 aromatic rings. The van der Waals surface area contributed by atoms with E-state index in [2.05, 4.69) is 20.9 Å². The van der Waals surface area contributed by atoms with Crippen LogP contribution in [0.15, 0.2) is 30.5 Å². The molecule has 3 N–H and O–H groups in total. The van der Waals surface area contributed by atoms with E-state index in [9.17, 15) is 26.7 Å². The first-order valence-corrected chi connectivity index (χ1v) is 10.6. The number of carbonyl (C=O) groups excluding carboxylic acids is 1. The maximum Gasteiger partial charge on any atom is 0.418 e.